The van der Waals surface area contributed by atoms with Gasteiger partial charge in [-0.3, -0.25) is 10.1 Å². The van der Waals surface area contributed by atoms with E-state index in [1.807, 2.05) is 19.1 Å². The fraction of sp³-hybridized carbons (Fsp3) is 0.143. The molecule has 4 nitrogen and oxygen atoms in total. The molecule has 0 aromatic heterocycles. The van der Waals surface area contributed by atoms with Crippen LogP contribution >= 0.6 is 11.6 Å². The summed E-state index contributed by atoms with van der Waals surface area (Å²) >= 11 is 5.87. The molecule has 0 saturated heterocycles. The first kappa shape index (κ1) is 14.3. The average molecular weight is 295 g/mol. The molecule has 2 aromatic carbocycles. The van der Waals surface area contributed by atoms with Gasteiger partial charge in [0.2, 0.25) is 0 Å². The Hall–Kier alpha value is -2.14. The number of anilines is 1. The van der Waals surface area contributed by atoms with Gasteiger partial charge in [0.1, 0.15) is 5.82 Å². The maximum atomic E-state index is 13.3. The number of hydrogen-bond donors (Lipinski definition) is 1. The topological polar surface area (TPSA) is 55.2 Å². The minimum absolute atomic E-state index is 0.277. The molecule has 0 fully saturated rings. The third-order valence-electron chi connectivity index (χ3n) is 2.88. The van der Waals surface area contributed by atoms with E-state index in [0.29, 0.717) is 17.3 Å². The number of nitro benzene ring substituents is 1. The van der Waals surface area contributed by atoms with Crippen LogP contribution in [0.4, 0.5) is 15.8 Å². The fourth-order valence-corrected chi connectivity index (χ4v) is 2.06. The molecule has 0 atom stereocenters. The molecular weight excluding hydrogens is 283 g/mol. The van der Waals surface area contributed by atoms with Crippen molar-refractivity contribution in [3.05, 3.63) is 68.5 Å². The number of halogens is 2. The van der Waals surface area contributed by atoms with Crippen molar-refractivity contribution >= 4 is 23.0 Å². The monoisotopic (exact) mass is 294 g/mol. The van der Waals surface area contributed by atoms with Crippen LogP contribution in [0.5, 0.6) is 0 Å². The molecule has 0 saturated carbocycles. The number of nitrogens with one attached hydrogen (secondary N) is 1. The zero-order valence-electron chi connectivity index (χ0n) is 10.7. The van der Waals surface area contributed by atoms with E-state index in [9.17, 15) is 14.5 Å². The predicted molar refractivity (Wildman–Crippen MR) is 76.6 cm³/mol. The predicted octanol–water partition coefficient (Wildman–Crippen LogP) is 4.31. The number of nitro groups is 1. The maximum Gasteiger partial charge on any atom is 0.274 e. The van der Waals surface area contributed by atoms with Gasteiger partial charge < -0.3 is 5.32 Å². The highest BCUT2D eigenvalue weighted by Gasteiger charge is 2.09. The summed E-state index contributed by atoms with van der Waals surface area (Å²) in [5.74, 6) is -0.644. The van der Waals surface area contributed by atoms with Crippen molar-refractivity contribution in [2.75, 3.05) is 5.32 Å². The molecule has 20 heavy (non-hydrogen) atoms. The Labute approximate surface area is 120 Å². The van der Waals surface area contributed by atoms with Crippen molar-refractivity contribution in [3.63, 3.8) is 0 Å². The Kier molecular flexibility index (Phi) is 4.20. The van der Waals surface area contributed by atoms with E-state index in [2.05, 4.69) is 5.32 Å². The van der Waals surface area contributed by atoms with E-state index < -0.39 is 10.7 Å². The first-order valence-electron chi connectivity index (χ1n) is 5.89. The number of rotatable bonds is 4. The molecular formula is C14H12ClFN2O2. The van der Waals surface area contributed by atoms with Crippen molar-refractivity contribution < 1.29 is 9.31 Å². The first-order chi connectivity index (χ1) is 9.45. The van der Waals surface area contributed by atoms with Gasteiger partial charge in [0.15, 0.2) is 0 Å². The minimum Gasteiger partial charge on any atom is -0.381 e. The summed E-state index contributed by atoms with van der Waals surface area (Å²) in [4.78, 5) is 10.0. The normalized spacial score (nSPS) is 10.3. The van der Waals surface area contributed by atoms with Crippen molar-refractivity contribution in [2.45, 2.75) is 13.5 Å². The molecule has 0 spiro atoms. The second kappa shape index (κ2) is 5.88. The summed E-state index contributed by atoms with van der Waals surface area (Å²) in [6, 6.07) is 8.86. The quantitative estimate of drug-likeness (QED) is 0.675. The van der Waals surface area contributed by atoms with Crippen molar-refractivity contribution in [1.29, 1.82) is 0 Å². The molecule has 0 aliphatic heterocycles. The standard InChI is InChI=1S/C14H12ClFN2O2/c1-9-4-11(15)3-2-10(9)8-17-13-5-12(16)6-14(7-13)18(19)20/h2-7,17H,8H2,1H3. The van der Waals surface area contributed by atoms with E-state index in [-0.39, 0.29) is 5.69 Å². The molecule has 0 radical (unpaired) electrons. The van der Waals surface area contributed by atoms with Gasteiger partial charge >= 0.3 is 0 Å². The van der Waals surface area contributed by atoms with Crippen LogP contribution in [0.15, 0.2) is 36.4 Å². The average Bonchev–Trinajstić information content (AvgIpc) is 2.37. The molecule has 0 amide bonds. The Balaban J connectivity index is 2.16. The van der Waals surface area contributed by atoms with Crippen molar-refractivity contribution in [3.8, 4) is 0 Å². The van der Waals surface area contributed by atoms with E-state index in [0.717, 1.165) is 17.2 Å². The van der Waals surface area contributed by atoms with Crippen LogP contribution in [0.2, 0.25) is 5.02 Å². The lowest BCUT2D eigenvalue weighted by atomic mass is 10.1. The van der Waals surface area contributed by atoms with Gasteiger partial charge in [-0.2, -0.15) is 0 Å². The highest BCUT2D eigenvalue weighted by molar-refractivity contribution is 6.30. The van der Waals surface area contributed by atoms with Gasteiger partial charge in [0.25, 0.3) is 5.69 Å². The molecule has 0 heterocycles. The van der Waals surface area contributed by atoms with Crippen LogP contribution in [0.1, 0.15) is 11.1 Å². The summed E-state index contributed by atoms with van der Waals surface area (Å²) in [5.41, 5.74) is 2.07. The molecule has 2 aromatic rings. The van der Waals surface area contributed by atoms with Crippen molar-refractivity contribution in [1.82, 2.24) is 0 Å². The van der Waals surface area contributed by atoms with E-state index in [1.165, 1.54) is 12.1 Å². The number of aryl methyl sites for hydroxylation is 1. The molecule has 0 aliphatic rings. The van der Waals surface area contributed by atoms with Crippen LogP contribution in [0.3, 0.4) is 0 Å². The fourth-order valence-electron chi connectivity index (χ4n) is 1.84. The van der Waals surface area contributed by atoms with Gasteiger partial charge in [-0.15, -0.1) is 0 Å². The zero-order valence-corrected chi connectivity index (χ0v) is 11.4. The van der Waals surface area contributed by atoms with Crippen LogP contribution < -0.4 is 5.32 Å². The van der Waals surface area contributed by atoms with Gasteiger partial charge in [-0.25, -0.2) is 4.39 Å². The third-order valence-corrected chi connectivity index (χ3v) is 3.12. The summed E-state index contributed by atoms with van der Waals surface area (Å²) in [5, 5.41) is 14.3. The number of non-ortho nitro benzene ring substituents is 1. The summed E-state index contributed by atoms with van der Waals surface area (Å²) < 4.78 is 13.3. The SMILES string of the molecule is Cc1cc(Cl)ccc1CNc1cc(F)cc([N+](=O)[O-])c1. The Morgan fingerprint density at radius 1 is 1.30 bits per heavy atom. The lowest BCUT2D eigenvalue weighted by Gasteiger charge is -2.09. The van der Waals surface area contributed by atoms with Crippen LogP contribution in [0, 0.1) is 22.9 Å². The molecule has 2 rings (SSSR count). The van der Waals surface area contributed by atoms with Gasteiger partial charge in [-0.1, -0.05) is 17.7 Å². The lowest BCUT2D eigenvalue weighted by molar-refractivity contribution is -0.385. The van der Waals surface area contributed by atoms with E-state index in [1.54, 1.807) is 6.07 Å². The number of nitrogens with zero attached hydrogens (tertiary/aromatic N) is 1. The second-order valence-electron chi connectivity index (χ2n) is 4.38. The minimum atomic E-state index is -0.644. The van der Waals surface area contributed by atoms with Crippen LogP contribution in [-0.2, 0) is 6.54 Å². The zero-order chi connectivity index (χ0) is 14.7. The smallest absolute Gasteiger partial charge is 0.274 e. The molecule has 104 valence electrons. The van der Waals surface area contributed by atoms with E-state index >= 15 is 0 Å². The largest absolute Gasteiger partial charge is 0.381 e. The van der Waals surface area contributed by atoms with Gasteiger partial charge in [0, 0.05) is 23.3 Å². The Bertz CT molecular complexity index is 662. The van der Waals surface area contributed by atoms with Gasteiger partial charge in [0.05, 0.1) is 11.0 Å². The molecule has 0 unspecified atom stereocenters. The van der Waals surface area contributed by atoms with Crippen LogP contribution in [-0.4, -0.2) is 4.92 Å². The Morgan fingerprint density at radius 3 is 2.70 bits per heavy atom. The highest BCUT2D eigenvalue weighted by atomic mass is 35.5. The molecule has 0 bridgehead atoms. The third kappa shape index (κ3) is 3.45. The van der Waals surface area contributed by atoms with Gasteiger partial charge in [-0.05, 0) is 36.2 Å². The molecule has 0 aliphatic carbocycles. The second-order valence-corrected chi connectivity index (χ2v) is 4.82. The van der Waals surface area contributed by atoms with Crippen LogP contribution in [0.25, 0.3) is 0 Å². The summed E-state index contributed by atoms with van der Waals surface area (Å²) in [7, 11) is 0. The lowest BCUT2D eigenvalue weighted by Crippen LogP contribution is -2.02. The Morgan fingerprint density at radius 2 is 2.05 bits per heavy atom. The molecule has 6 heteroatoms. The number of hydrogen-bond acceptors (Lipinski definition) is 3. The summed E-state index contributed by atoms with van der Waals surface area (Å²) in [6.45, 7) is 2.35. The maximum absolute atomic E-state index is 13.3. The number of benzene rings is 2. The van der Waals surface area contributed by atoms with Crippen molar-refractivity contribution in [2.24, 2.45) is 0 Å². The molecule has 1 N–H and O–H groups in total. The summed E-state index contributed by atoms with van der Waals surface area (Å²) in [6.07, 6.45) is 0. The van der Waals surface area contributed by atoms with E-state index in [4.69, 9.17) is 11.6 Å². The first-order valence-corrected chi connectivity index (χ1v) is 6.27. The highest BCUT2D eigenvalue weighted by Crippen LogP contribution is 2.21.